The van der Waals surface area contributed by atoms with Crippen molar-refractivity contribution in [2.45, 2.75) is 40.4 Å². The summed E-state index contributed by atoms with van der Waals surface area (Å²) in [4.78, 5) is 0. The third-order valence-corrected chi connectivity index (χ3v) is 5.35. The van der Waals surface area contributed by atoms with Gasteiger partial charge in [-0.25, -0.2) is 0 Å². The monoisotopic (exact) mass is 276 g/mol. The van der Waals surface area contributed by atoms with Crippen LogP contribution >= 0.6 is 22.6 Å². The molecule has 0 amide bonds. The van der Waals surface area contributed by atoms with Crippen LogP contribution in [0.15, 0.2) is 0 Å². The SMILES string of the molecule is [B]C1CC2(O)CC3CC3(I)C2O1. The summed E-state index contributed by atoms with van der Waals surface area (Å²) < 4.78 is 5.79. The van der Waals surface area contributed by atoms with Gasteiger partial charge in [-0.3, -0.25) is 0 Å². The highest BCUT2D eigenvalue weighted by Crippen LogP contribution is 2.68. The standard InChI is InChI=1S/C8H10BIO2/c9-5-3-7(11)1-4-2-8(4,10)6(7)12-5/h4-6,11H,1-3H2. The van der Waals surface area contributed by atoms with Gasteiger partial charge in [0.25, 0.3) is 0 Å². The number of alkyl halides is 1. The molecule has 5 unspecified atom stereocenters. The molecule has 1 heterocycles. The maximum absolute atomic E-state index is 10.2. The molecule has 2 nitrogen and oxygen atoms in total. The van der Waals surface area contributed by atoms with E-state index in [1.54, 1.807) is 0 Å². The zero-order valence-electron chi connectivity index (χ0n) is 6.66. The molecule has 1 saturated heterocycles. The van der Waals surface area contributed by atoms with E-state index in [-0.39, 0.29) is 15.5 Å². The van der Waals surface area contributed by atoms with Crippen LogP contribution in [-0.2, 0) is 4.74 Å². The Hall–Kier alpha value is 0.715. The normalized spacial score (nSPS) is 67.7. The summed E-state index contributed by atoms with van der Waals surface area (Å²) in [6, 6.07) is -0.242. The van der Waals surface area contributed by atoms with Crippen molar-refractivity contribution in [2.24, 2.45) is 5.92 Å². The van der Waals surface area contributed by atoms with Gasteiger partial charge in [-0.05, 0) is 25.2 Å². The van der Waals surface area contributed by atoms with E-state index in [0.29, 0.717) is 12.3 Å². The largest absolute Gasteiger partial charge is 0.387 e. The number of fused-ring (bicyclic) bond motifs is 3. The molecule has 3 aliphatic rings. The molecule has 3 rings (SSSR count). The van der Waals surface area contributed by atoms with Crippen molar-refractivity contribution in [3.63, 3.8) is 0 Å². The van der Waals surface area contributed by atoms with Gasteiger partial charge in [-0.2, -0.15) is 0 Å². The van der Waals surface area contributed by atoms with E-state index in [2.05, 4.69) is 22.6 Å². The number of hydrogen-bond donors (Lipinski definition) is 1. The summed E-state index contributed by atoms with van der Waals surface area (Å²) >= 11 is 2.44. The Bertz CT molecular complexity index is 249. The molecule has 64 valence electrons. The van der Waals surface area contributed by atoms with Gasteiger partial charge in [0.05, 0.1) is 9.02 Å². The lowest BCUT2D eigenvalue weighted by Gasteiger charge is -2.25. The van der Waals surface area contributed by atoms with Crippen LogP contribution in [0.2, 0.25) is 0 Å². The lowest BCUT2D eigenvalue weighted by Crippen LogP contribution is -2.39. The van der Waals surface area contributed by atoms with Gasteiger partial charge in [0.2, 0.25) is 0 Å². The molecular formula is C8H10BIO2. The topological polar surface area (TPSA) is 29.5 Å². The van der Waals surface area contributed by atoms with Gasteiger partial charge < -0.3 is 9.84 Å². The zero-order chi connectivity index (χ0) is 8.56. The minimum atomic E-state index is -0.594. The summed E-state index contributed by atoms with van der Waals surface area (Å²) in [7, 11) is 5.66. The summed E-state index contributed by atoms with van der Waals surface area (Å²) in [5.41, 5.74) is -0.594. The maximum atomic E-state index is 10.2. The van der Waals surface area contributed by atoms with Gasteiger partial charge in [0.1, 0.15) is 14.0 Å². The molecule has 0 aromatic heterocycles. The van der Waals surface area contributed by atoms with E-state index >= 15 is 0 Å². The van der Waals surface area contributed by atoms with Crippen molar-refractivity contribution in [1.82, 2.24) is 0 Å². The third kappa shape index (κ3) is 0.793. The molecule has 2 aliphatic carbocycles. The first kappa shape index (κ1) is 8.06. The molecular weight excluding hydrogens is 266 g/mol. The molecule has 0 aromatic rings. The number of ether oxygens (including phenoxy) is 1. The molecule has 12 heavy (non-hydrogen) atoms. The lowest BCUT2D eigenvalue weighted by molar-refractivity contribution is -0.0273. The average molecular weight is 276 g/mol. The van der Waals surface area contributed by atoms with Crippen molar-refractivity contribution >= 4 is 30.4 Å². The highest BCUT2D eigenvalue weighted by Gasteiger charge is 2.73. The predicted molar refractivity (Wildman–Crippen MR) is 53.5 cm³/mol. The Kier molecular flexibility index (Phi) is 1.37. The molecule has 1 aliphatic heterocycles. The fourth-order valence-corrected chi connectivity index (χ4v) is 4.34. The average Bonchev–Trinajstić information content (AvgIpc) is 2.35. The first-order chi connectivity index (χ1) is 5.55. The second kappa shape index (κ2) is 2.03. The third-order valence-electron chi connectivity index (χ3n) is 3.47. The van der Waals surface area contributed by atoms with Crippen LogP contribution in [-0.4, -0.2) is 34.1 Å². The van der Waals surface area contributed by atoms with Crippen molar-refractivity contribution in [3.05, 3.63) is 0 Å². The van der Waals surface area contributed by atoms with Gasteiger partial charge >= 0.3 is 0 Å². The van der Waals surface area contributed by atoms with Crippen molar-refractivity contribution in [2.75, 3.05) is 0 Å². The van der Waals surface area contributed by atoms with E-state index in [9.17, 15) is 5.11 Å². The highest BCUT2D eigenvalue weighted by molar-refractivity contribution is 14.1. The Morgan fingerprint density at radius 2 is 2.17 bits per heavy atom. The summed E-state index contributed by atoms with van der Waals surface area (Å²) in [5, 5.41) is 10.2. The molecule has 4 heteroatoms. The Balaban J connectivity index is 1.95. The molecule has 5 atom stereocenters. The van der Waals surface area contributed by atoms with Crippen LogP contribution < -0.4 is 0 Å². The van der Waals surface area contributed by atoms with E-state index in [1.165, 1.54) is 6.42 Å². The number of halogens is 1. The van der Waals surface area contributed by atoms with E-state index < -0.39 is 5.60 Å². The fraction of sp³-hybridized carbons (Fsp3) is 1.00. The van der Waals surface area contributed by atoms with Crippen LogP contribution in [0.5, 0.6) is 0 Å². The van der Waals surface area contributed by atoms with Crippen molar-refractivity contribution in [1.29, 1.82) is 0 Å². The molecule has 2 radical (unpaired) electrons. The molecule has 0 spiro atoms. The lowest BCUT2D eigenvalue weighted by atomic mass is 9.86. The minimum absolute atomic E-state index is 0.00519. The maximum Gasteiger partial charge on any atom is 0.109 e. The summed E-state index contributed by atoms with van der Waals surface area (Å²) in [5.74, 6) is 0.681. The number of hydrogen-bond acceptors (Lipinski definition) is 2. The number of rotatable bonds is 0. The molecule has 3 fully saturated rings. The van der Waals surface area contributed by atoms with Crippen LogP contribution in [0, 0.1) is 5.92 Å². The first-order valence-electron chi connectivity index (χ1n) is 4.37. The smallest absolute Gasteiger partial charge is 0.109 e. The fourth-order valence-electron chi connectivity index (χ4n) is 2.86. The van der Waals surface area contributed by atoms with Crippen molar-refractivity contribution < 1.29 is 9.84 Å². The molecule has 0 bridgehead atoms. The van der Waals surface area contributed by atoms with Crippen LogP contribution in [0.3, 0.4) is 0 Å². The quantitative estimate of drug-likeness (QED) is 0.399. The molecule has 1 N–H and O–H groups in total. The second-order valence-corrected chi connectivity index (χ2v) is 6.40. The van der Waals surface area contributed by atoms with E-state index in [0.717, 1.165) is 6.42 Å². The second-order valence-electron chi connectivity index (χ2n) is 4.39. The molecule has 2 saturated carbocycles. The van der Waals surface area contributed by atoms with Gasteiger partial charge in [-0.1, -0.05) is 22.6 Å². The summed E-state index contributed by atoms with van der Waals surface area (Å²) in [6.45, 7) is 0. The van der Waals surface area contributed by atoms with Gasteiger partial charge in [0, 0.05) is 6.00 Å². The Labute approximate surface area is 86.6 Å². The Morgan fingerprint density at radius 1 is 1.42 bits per heavy atom. The van der Waals surface area contributed by atoms with Gasteiger partial charge in [-0.15, -0.1) is 0 Å². The van der Waals surface area contributed by atoms with E-state index in [4.69, 9.17) is 12.6 Å². The Morgan fingerprint density at radius 3 is 2.83 bits per heavy atom. The van der Waals surface area contributed by atoms with Gasteiger partial charge in [0.15, 0.2) is 0 Å². The molecule has 0 aromatic carbocycles. The van der Waals surface area contributed by atoms with E-state index in [1.807, 2.05) is 0 Å². The first-order valence-corrected chi connectivity index (χ1v) is 5.45. The van der Waals surface area contributed by atoms with Crippen LogP contribution in [0.4, 0.5) is 0 Å². The zero-order valence-corrected chi connectivity index (χ0v) is 8.82. The van der Waals surface area contributed by atoms with Crippen LogP contribution in [0.25, 0.3) is 0 Å². The van der Waals surface area contributed by atoms with Crippen molar-refractivity contribution in [3.8, 4) is 0 Å². The highest BCUT2D eigenvalue weighted by atomic mass is 127. The summed E-state index contributed by atoms with van der Waals surface area (Å²) in [6.07, 6.45) is 2.73. The van der Waals surface area contributed by atoms with Crippen LogP contribution in [0.1, 0.15) is 19.3 Å². The predicted octanol–water partition coefficient (Wildman–Crippen LogP) is 0.598. The minimum Gasteiger partial charge on any atom is -0.387 e. The number of aliphatic hydroxyl groups is 1.